The predicted octanol–water partition coefficient (Wildman–Crippen LogP) is 2.23. The molecule has 0 radical (unpaired) electrons. The molecule has 0 spiro atoms. The van der Waals surface area contributed by atoms with Crippen LogP contribution in [0.2, 0.25) is 0 Å². The van der Waals surface area contributed by atoms with Gasteiger partial charge in [0, 0.05) is 25.0 Å². The van der Waals surface area contributed by atoms with Crippen LogP contribution in [-0.2, 0) is 6.54 Å². The first-order valence-corrected chi connectivity index (χ1v) is 5.79. The van der Waals surface area contributed by atoms with Crippen LogP contribution in [0.25, 0.3) is 0 Å². The second-order valence-electron chi connectivity index (χ2n) is 3.78. The Bertz CT molecular complexity index is 530. The van der Waals surface area contributed by atoms with Gasteiger partial charge in [0.1, 0.15) is 5.82 Å². The van der Waals surface area contributed by atoms with Gasteiger partial charge in [0.15, 0.2) is 0 Å². The molecule has 2 aromatic rings. The lowest BCUT2D eigenvalue weighted by molar-refractivity contribution is 0.627. The van der Waals surface area contributed by atoms with Crippen molar-refractivity contribution >= 4 is 11.6 Å². The Hall–Kier alpha value is -2.01. The van der Waals surface area contributed by atoms with Crippen molar-refractivity contribution in [1.29, 1.82) is 0 Å². The van der Waals surface area contributed by atoms with Gasteiger partial charge in [0.2, 0.25) is 5.95 Å². The number of hydrogen-bond acceptors (Lipinski definition) is 4. The number of nitrogens with two attached hydrogens (primary N) is 1. The predicted molar refractivity (Wildman–Crippen MR) is 69.0 cm³/mol. The molecule has 0 unspecified atom stereocenters. The van der Waals surface area contributed by atoms with E-state index in [1.807, 2.05) is 17.9 Å². The quantitative estimate of drug-likeness (QED) is 0.898. The average molecular weight is 246 g/mol. The zero-order valence-corrected chi connectivity index (χ0v) is 10.2. The molecule has 18 heavy (non-hydrogen) atoms. The van der Waals surface area contributed by atoms with Crippen molar-refractivity contribution in [2.75, 3.05) is 11.4 Å². The maximum Gasteiger partial charge on any atom is 0.230 e. The summed E-state index contributed by atoms with van der Waals surface area (Å²) in [6, 6.07) is 8.13. The summed E-state index contributed by atoms with van der Waals surface area (Å²) in [5.41, 5.74) is 7.04. The normalized spacial score (nSPS) is 10.4. The molecule has 0 amide bonds. The number of halogens is 1. The van der Waals surface area contributed by atoms with Crippen LogP contribution in [0, 0.1) is 5.82 Å². The highest BCUT2D eigenvalue weighted by atomic mass is 19.1. The lowest BCUT2D eigenvalue weighted by atomic mass is 10.3. The molecule has 1 heterocycles. The minimum Gasteiger partial charge on any atom is -0.325 e. The van der Waals surface area contributed by atoms with Gasteiger partial charge in [-0.1, -0.05) is 6.07 Å². The van der Waals surface area contributed by atoms with Crippen LogP contribution in [0.15, 0.2) is 36.5 Å². The molecule has 0 fully saturated rings. The third-order valence-corrected chi connectivity index (χ3v) is 2.59. The van der Waals surface area contributed by atoms with Crippen molar-refractivity contribution in [3.05, 3.63) is 48.0 Å². The maximum absolute atomic E-state index is 13.2. The number of benzene rings is 1. The largest absolute Gasteiger partial charge is 0.325 e. The summed E-state index contributed by atoms with van der Waals surface area (Å²) in [4.78, 5) is 10.4. The lowest BCUT2D eigenvalue weighted by Crippen LogP contribution is -2.19. The van der Waals surface area contributed by atoms with E-state index >= 15 is 0 Å². The summed E-state index contributed by atoms with van der Waals surface area (Å²) in [6.07, 6.45) is 1.66. The topological polar surface area (TPSA) is 55.0 Å². The Balaban J connectivity index is 2.38. The summed E-state index contributed by atoms with van der Waals surface area (Å²) in [5.74, 6) is 0.256. The number of rotatable bonds is 4. The molecular formula is C13H15FN4. The summed E-state index contributed by atoms with van der Waals surface area (Å²) in [6.45, 7) is 2.97. The zero-order chi connectivity index (χ0) is 13.0. The van der Waals surface area contributed by atoms with Gasteiger partial charge < -0.3 is 10.6 Å². The highest BCUT2D eigenvalue weighted by molar-refractivity contribution is 5.56. The van der Waals surface area contributed by atoms with Crippen molar-refractivity contribution < 1.29 is 4.39 Å². The van der Waals surface area contributed by atoms with Crippen molar-refractivity contribution in [1.82, 2.24) is 9.97 Å². The molecule has 1 aromatic carbocycles. The van der Waals surface area contributed by atoms with Gasteiger partial charge in [-0.05, 0) is 31.2 Å². The molecule has 1 aromatic heterocycles. The molecule has 0 bridgehead atoms. The fourth-order valence-corrected chi connectivity index (χ4v) is 1.71. The summed E-state index contributed by atoms with van der Waals surface area (Å²) in [7, 11) is 0. The monoisotopic (exact) mass is 246 g/mol. The van der Waals surface area contributed by atoms with Crippen LogP contribution in [0.5, 0.6) is 0 Å². The number of nitrogens with zero attached hydrogens (tertiary/aromatic N) is 3. The van der Waals surface area contributed by atoms with Gasteiger partial charge in [-0.25, -0.2) is 14.4 Å². The molecule has 0 aliphatic carbocycles. The van der Waals surface area contributed by atoms with Gasteiger partial charge in [0.05, 0.1) is 5.69 Å². The molecular weight excluding hydrogens is 231 g/mol. The van der Waals surface area contributed by atoms with E-state index in [0.29, 0.717) is 19.0 Å². The van der Waals surface area contributed by atoms with Crippen molar-refractivity contribution in [2.45, 2.75) is 13.5 Å². The third-order valence-electron chi connectivity index (χ3n) is 2.59. The van der Waals surface area contributed by atoms with E-state index in [1.165, 1.54) is 12.1 Å². The molecule has 0 saturated heterocycles. The van der Waals surface area contributed by atoms with E-state index in [-0.39, 0.29) is 5.82 Å². The molecule has 0 saturated carbocycles. The molecule has 2 N–H and O–H groups in total. The highest BCUT2D eigenvalue weighted by Gasteiger charge is 2.11. The van der Waals surface area contributed by atoms with E-state index in [9.17, 15) is 4.39 Å². The van der Waals surface area contributed by atoms with E-state index in [4.69, 9.17) is 5.73 Å². The molecule has 0 aliphatic heterocycles. The molecule has 4 nitrogen and oxygen atoms in total. The van der Waals surface area contributed by atoms with E-state index in [0.717, 1.165) is 11.4 Å². The first-order valence-electron chi connectivity index (χ1n) is 5.79. The van der Waals surface area contributed by atoms with Crippen LogP contribution >= 0.6 is 0 Å². The molecule has 0 atom stereocenters. The number of aromatic nitrogens is 2. The van der Waals surface area contributed by atoms with Crippen molar-refractivity contribution in [3.63, 3.8) is 0 Å². The number of hydrogen-bond donors (Lipinski definition) is 1. The molecule has 2 rings (SSSR count). The van der Waals surface area contributed by atoms with Gasteiger partial charge in [-0.15, -0.1) is 0 Å². The van der Waals surface area contributed by atoms with Crippen molar-refractivity contribution in [3.8, 4) is 0 Å². The number of anilines is 2. The minimum atomic E-state index is -0.277. The zero-order valence-electron chi connectivity index (χ0n) is 10.2. The average Bonchev–Trinajstić information content (AvgIpc) is 2.40. The van der Waals surface area contributed by atoms with Gasteiger partial charge in [-0.3, -0.25) is 0 Å². The van der Waals surface area contributed by atoms with Crippen LogP contribution in [0.3, 0.4) is 0 Å². The summed E-state index contributed by atoms with van der Waals surface area (Å²) >= 11 is 0. The Morgan fingerprint density at radius 1 is 1.33 bits per heavy atom. The van der Waals surface area contributed by atoms with E-state index in [2.05, 4.69) is 9.97 Å². The van der Waals surface area contributed by atoms with Gasteiger partial charge in [-0.2, -0.15) is 0 Å². The third kappa shape index (κ3) is 2.62. The van der Waals surface area contributed by atoms with E-state index < -0.39 is 0 Å². The standard InChI is InChI=1S/C13H15FN4/c1-2-18(12-5-3-4-10(14)8-12)13-16-7-6-11(9-15)17-13/h3-8H,2,9,15H2,1H3. The molecule has 0 aliphatic rings. The van der Waals surface area contributed by atoms with Crippen LogP contribution in [0.4, 0.5) is 16.0 Å². The van der Waals surface area contributed by atoms with Gasteiger partial charge in [0.25, 0.3) is 0 Å². The fraction of sp³-hybridized carbons (Fsp3) is 0.231. The fourth-order valence-electron chi connectivity index (χ4n) is 1.71. The van der Waals surface area contributed by atoms with Crippen LogP contribution < -0.4 is 10.6 Å². The smallest absolute Gasteiger partial charge is 0.230 e. The second kappa shape index (κ2) is 5.55. The Morgan fingerprint density at radius 3 is 2.83 bits per heavy atom. The Labute approximate surface area is 105 Å². The first-order chi connectivity index (χ1) is 8.74. The second-order valence-corrected chi connectivity index (χ2v) is 3.78. The SMILES string of the molecule is CCN(c1cccc(F)c1)c1nccc(CN)n1. The molecule has 5 heteroatoms. The van der Waals surface area contributed by atoms with Crippen LogP contribution in [-0.4, -0.2) is 16.5 Å². The lowest BCUT2D eigenvalue weighted by Gasteiger charge is -2.21. The van der Waals surface area contributed by atoms with Gasteiger partial charge >= 0.3 is 0 Å². The van der Waals surface area contributed by atoms with Crippen molar-refractivity contribution in [2.24, 2.45) is 5.73 Å². The highest BCUT2D eigenvalue weighted by Crippen LogP contribution is 2.22. The molecule has 94 valence electrons. The van der Waals surface area contributed by atoms with E-state index in [1.54, 1.807) is 18.3 Å². The minimum absolute atomic E-state index is 0.277. The summed E-state index contributed by atoms with van der Waals surface area (Å²) in [5, 5.41) is 0. The Kier molecular flexibility index (Phi) is 3.84. The summed E-state index contributed by atoms with van der Waals surface area (Å²) < 4.78 is 13.2. The maximum atomic E-state index is 13.2. The Morgan fingerprint density at radius 2 is 2.17 bits per heavy atom. The first kappa shape index (κ1) is 12.4. The van der Waals surface area contributed by atoms with Crippen LogP contribution in [0.1, 0.15) is 12.6 Å².